The second kappa shape index (κ2) is 8.48. The first-order chi connectivity index (χ1) is 13.8. The lowest BCUT2D eigenvalue weighted by Gasteiger charge is -2.26. The van der Waals surface area contributed by atoms with Gasteiger partial charge in [-0.3, -0.25) is 4.31 Å². The van der Waals surface area contributed by atoms with Gasteiger partial charge >= 0.3 is 0 Å². The zero-order chi connectivity index (χ0) is 21.0. The van der Waals surface area contributed by atoms with Crippen LogP contribution in [0.4, 0.5) is 14.5 Å². The molecule has 0 amide bonds. The molecule has 0 atom stereocenters. The summed E-state index contributed by atoms with van der Waals surface area (Å²) in [7, 11) is -1.46. The van der Waals surface area contributed by atoms with E-state index >= 15 is 0 Å². The molecule has 3 aromatic rings. The van der Waals surface area contributed by atoms with Gasteiger partial charge in [-0.25, -0.2) is 17.2 Å². The summed E-state index contributed by atoms with van der Waals surface area (Å²) in [5.41, 5.74) is 0.584. The molecular formula is C21H19F2NO4S. The zero-order valence-electron chi connectivity index (χ0n) is 15.8. The Kier molecular flexibility index (Phi) is 6.03. The van der Waals surface area contributed by atoms with Crippen molar-refractivity contribution in [2.24, 2.45) is 0 Å². The molecule has 5 nitrogen and oxygen atoms in total. The monoisotopic (exact) mass is 419 g/mol. The normalized spacial score (nSPS) is 11.2. The standard InChI is InChI=1S/C21H19F2NO4S/c1-27-18-11-17(12-19(13-18)28-2)24(14-15-6-5-7-16(22)10-15)29(25,26)21-9-4-3-8-20(21)23/h3-13H,14H2,1-2H3. The molecule has 0 heterocycles. The van der Waals surface area contributed by atoms with E-state index < -0.39 is 26.6 Å². The molecule has 0 aliphatic carbocycles. The third kappa shape index (κ3) is 4.48. The maximum Gasteiger partial charge on any atom is 0.267 e. The number of hydrogen-bond donors (Lipinski definition) is 0. The van der Waals surface area contributed by atoms with Gasteiger partial charge in [0.15, 0.2) is 0 Å². The first-order valence-corrected chi connectivity index (χ1v) is 10.0. The van der Waals surface area contributed by atoms with Gasteiger partial charge in [0.1, 0.15) is 28.0 Å². The number of hydrogen-bond acceptors (Lipinski definition) is 4. The van der Waals surface area contributed by atoms with E-state index in [-0.39, 0.29) is 12.2 Å². The summed E-state index contributed by atoms with van der Waals surface area (Å²) in [6, 6.07) is 15.2. The number of ether oxygens (including phenoxy) is 2. The van der Waals surface area contributed by atoms with Crippen molar-refractivity contribution < 1.29 is 26.7 Å². The molecule has 0 radical (unpaired) electrons. The van der Waals surface area contributed by atoms with Gasteiger partial charge < -0.3 is 9.47 Å². The van der Waals surface area contributed by atoms with Crippen molar-refractivity contribution in [3.63, 3.8) is 0 Å². The largest absolute Gasteiger partial charge is 0.497 e. The fourth-order valence-electron chi connectivity index (χ4n) is 2.83. The topological polar surface area (TPSA) is 55.8 Å². The molecule has 152 valence electrons. The van der Waals surface area contributed by atoms with Crippen LogP contribution in [0.3, 0.4) is 0 Å². The Morgan fingerprint density at radius 1 is 0.862 bits per heavy atom. The van der Waals surface area contributed by atoms with Crippen LogP contribution in [0.25, 0.3) is 0 Å². The minimum absolute atomic E-state index is 0.189. The lowest BCUT2D eigenvalue weighted by Crippen LogP contribution is -2.31. The summed E-state index contributed by atoms with van der Waals surface area (Å²) in [6.07, 6.45) is 0. The van der Waals surface area contributed by atoms with E-state index in [1.54, 1.807) is 12.1 Å². The predicted octanol–water partition coefficient (Wildman–Crippen LogP) is 4.38. The van der Waals surface area contributed by atoms with Crippen LogP contribution in [-0.2, 0) is 16.6 Å². The molecule has 0 saturated carbocycles. The van der Waals surface area contributed by atoms with Crippen molar-refractivity contribution in [3.8, 4) is 11.5 Å². The van der Waals surface area contributed by atoms with Crippen molar-refractivity contribution in [1.29, 1.82) is 0 Å². The van der Waals surface area contributed by atoms with Gasteiger partial charge in [-0.05, 0) is 29.8 Å². The summed E-state index contributed by atoms with van der Waals surface area (Å²) in [6.45, 7) is -0.218. The van der Waals surface area contributed by atoms with Crippen LogP contribution in [0.15, 0.2) is 71.6 Å². The third-order valence-electron chi connectivity index (χ3n) is 4.24. The second-order valence-electron chi connectivity index (χ2n) is 6.14. The molecule has 0 spiro atoms. The van der Waals surface area contributed by atoms with Gasteiger partial charge in [0, 0.05) is 18.2 Å². The second-order valence-corrected chi connectivity index (χ2v) is 7.97. The summed E-state index contributed by atoms with van der Waals surface area (Å²) < 4.78 is 66.2. The Bertz CT molecular complexity index is 1100. The third-order valence-corrected chi connectivity index (χ3v) is 6.05. The lowest BCUT2D eigenvalue weighted by atomic mass is 10.2. The van der Waals surface area contributed by atoms with E-state index in [4.69, 9.17) is 9.47 Å². The molecule has 0 unspecified atom stereocenters. The first kappa shape index (κ1) is 20.6. The van der Waals surface area contributed by atoms with Crippen molar-refractivity contribution in [2.45, 2.75) is 11.4 Å². The summed E-state index contributed by atoms with van der Waals surface area (Å²) in [5.74, 6) is -0.680. The Labute approximate surface area is 168 Å². The quantitative estimate of drug-likeness (QED) is 0.570. The van der Waals surface area contributed by atoms with E-state index in [0.717, 1.165) is 10.4 Å². The number of rotatable bonds is 7. The van der Waals surface area contributed by atoms with Crippen LogP contribution in [0.5, 0.6) is 11.5 Å². The van der Waals surface area contributed by atoms with Crippen molar-refractivity contribution in [3.05, 3.63) is 83.9 Å². The van der Waals surface area contributed by atoms with E-state index in [9.17, 15) is 17.2 Å². The Balaban J connectivity index is 2.18. The Hall–Kier alpha value is -3.13. The molecule has 0 bridgehead atoms. The summed E-state index contributed by atoms with van der Waals surface area (Å²) in [4.78, 5) is -0.488. The van der Waals surface area contributed by atoms with E-state index in [2.05, 4.69) is 0 Å². The molecular weight excluding hydrogens is 400 g/mol. The molecule has 0 aliphatic rings. The van der Waals surface area contributed by atoms with Gasteiger partial charge in [0.2, 0.25) is 0 Å². The number of halogens is 2. The smallest absolute Gasteiger partial charge is 0.267 e. The number of anilines is 1. The molecule has 0 aromatic heterocycles. The molecule has 0 fully saturated rings. The fraction of sp³-hybridized carbons (Fsp3) is 0.143. The molecule has 29 heavy (non-hydrogen) atoms. The van der Waals surface area contributed by atoms with E-state index in [0.29, 0.717) is 17.1 Å². The summed E-state index contributed by atoms with van der Waals surface area (Å²) >= 11 is 0. The predicted molar refractivity (Wildman–Crippen MR) is 106 cm³/mol. The molecule has 3 rings (SSSR count). The van der Waals surface area contributed by atoms with Gasteiger partial charge in [0.25, 0.3) is 10.0 Å². The summed E-state index contributed by atoms with van der Waals surface area (Å²) in [5, 5.41) is 0. The maximum absolute atomic E-state index is 14.3. The van der Waals surface area contributed by atoms with Crippen LogP contribution >= 0.6 is 0 Å². The average molecular weight is 419 g/mol. The van der Waals surface area contributed by atoms with Crippen LogP contribution in [-0.4, -0.2) is 22.6 Å². The molecule has 8 heteroatoms. The zero-order valence-corrected chi connectivity index (χ0v) is 16.6. The Morgan fingerprint density at radius 2 is 1.52 bits per heavy atom. The van der Waals surface area contributed by atoms with Gasteiger partial charge in [-0.15, -0.1) is 0 Å². The van der Waals surface area contributed by atoms with Crippen molar-refractivity contribution >= 4 is 15.7 Å². The van der Waals surface area contributed by atoms with Crippen LogP contribution in [0, 0.1) is 11.6 Å². The van der Waals surface area contributed by atoms with Gasteiger partial charge in [-0.1, -0.05) is 24.3 Å². The van der Waals surface area contributed by atoms with Crippen LogP contribution < -0.4 is 13.8 Å². The molecule has 0 N–H and O–H groups in total. The Morgan fingerprint density at radius 3 is 2.10 bits per heavy atom. The molecule has 3 aromatic carbocycles. The molecule has 0 aliphatic heterocycles. The van der Waals surface area contributed by atoms with Crippen LogP contribution in [0.1, 0.15) is 5.56 Å². The number of methoxy groups -OCH3 is 2. The first-order valence-electron chi connectivity index (χ1n) is 8.60. The highest BCUT2D eigenvalue weighted by Gasteiger charge is 2.29. The minimum atomic E-state index is -4.32. The number of nitrogens with zero attached hydrogens (tertiary/aromatic N) is 1. The highest BCUT2D eigenvalue weighted by Crippen LogP contribution is 2.33. The fourth-order valence-corrected chi connectivity index (χ4v) is 4.33. The van der Waals surface area contributed by atoms with E-state index in [1.165, 1.54) is 62.8 Å². The SMILES string of the molecule is COc1cc(OC)cc(N(Cc2cccc(F)c2)S(=O)(=O)c2ccccc2F)c1. The lowest BCUT2D eigenvalue weighted by molar-refractivity contribution is 0.394. The van der Waals surface area contributed by atoms with Crippen molar-refractivity contribution in [1.82, 2.24) is 0 Å². The maximum atomic E-state index is 14.3. The average Bonchev–Trinajstić information content (AvgIpc) is 2.71. The highest BCUT2D eigenvalue weighted by atomic mass is 32.2. The minimum Gasteiger partial charge on any atom is -0.497 e. The molecule has 0 saturated heterocycles. The van der Waals surface area contributed by atoms with E-state index in [1.807, 2.05) is 0 Å². The van der Waals surface area contributed by atoms with Gasteiger partial charge in [-0.2, -0.15) is 0 Å². The number of benzene rings is 3. The number of sulfonamides is 1. The van der Waals surface area contributed by atoms with Crippen molar-refractivity contribution in [2.75, 3.05) is 18.5 Å². The van der Waals surface area contributed by atoms with Crippen LogP contribution in [0.2, 0.25) is 0 Å². The highest BCUT2D eigenvalue weighted by molar-refractivity contribution is 7.92. The van der Waals surface area contributed by atoms with Gasteiger partial charge in [0.05, 0.1) is 26.5 Å².